The van der Waals surface area contributed by atoms with Gasteiger partial charge >= 0.3 is 15.6 Å². The van der Waals surface area contributed by atoms with E-state index in [1.54, 1.807) is 13.2 Å². The van der Waals surface area contributed by atoms with Crippen molar-refractivity contribution in [1.82, 2.24) is 19.4 Å². The van der Waals surface area contributed by atoms with Crippen molar-refractivity contribution < 1.29 is 30.6 Å². The molecule has 0 saturated heterocycles. The fourth-order valence-electron chi connectivity index (χ4n) is 2.71. The first-order valence-corrected chi connectivity index (χ1v) is 9.78. The van der Waals surface area contributed by atoms with Crippen molar-refractivity contribution in [2.45, 2.75) is 18.3 Å². The van der Waals surface area contributed by atoms with Gasteiger partial charge in [-0.2, -0.15) is 31.8 Å². The lowest BCUT2D eigenvalue weighted by atomic mass is 10.1. The zero-order valence-electron chi connectivity index (χ0n) is 14.8. The number of nitrogens with one attached hydrogen (secondary N) is 1. The molecular weight excluding hydrogens is 415 g/mol. The van der Waals surface area contributed by atoms with Gasteiger partial charge in [0.1, 0.15) is 5.52 Å². The highest BCUT2D eigenvalue weighted by Gasteiger charge is 2.49. The third-order valence-electron chi connectivity index (χ3n) is 4.30. The third kappa shape index (κ3) is 3.64. The summed E-state index contributed by atoms with van der Waals surface area (Å²) in [4.78, 5) is 12.1. The van der Waals surface area contributed by atoms with Gasteiger partial charge in [0, 0.05) is 36.5 Å². The molecule has 0 spiro atoms. The van der Waals surface area contributed by atoms with E-state index in [2.05, 4.69) is 19.7 Å². The number of halogens is 3. The maximum Gasteiger partial charge on any atom is 0.534 e. The topological polar surface area (TPSA) is 108 Å². The van der Waals surface area contributed by atoms with Gasteiger partial charge in [0.25, 0.3) is 0 Å². The molecule has 9 nitrogen and oxygen atoms in total. The molecule has 13 heteroatoms. The summed E-state index contributed by atoms with van der Waals surface area (Å²) in [5, 5.41) is 10.6. The Hall–Kier alpha value is -3.09. The Morgan fingerprint density at radius 2 is 1.93 bits per heavy atom. The highest BCUT2D eigenvalue weighted by Crippen LogP contribution is 2.37. The fourth-order valence-corrected chi connectivity index (χ4v) is 3.17. The molecule has 1 aliphatic rings. The van der Waals surface area contributed by atoms with Crippen molar-refractivity contribution in [3.05, 3.63) is 30.9 Å². The summed E-state index contributed by atoms with van der Waals surface area (Å²) >= 11 is 0. The lowest BCUT2D eigenvalue weighted by Crippen LogP contribution is -2.28. The van der Waals surface area contributed by atoms with E-state index in [1.807, 2.05) is 0 Å². The minimum Gasteiger partial charge on any atom is -0.374 e. The van der Waals surface area contributed by atoms with Gasteiger partial charge in [-0.15, -0.1) is 0 Å². The summed E-state index contributed by atoms with van der Waals surface area (Å²) in [6.45, 7) is 0. The molecule has 0 aliphatic heterocycles. The molecule has 1 N–H and O–H groups in total. The second kappa shape index (κ2) is 6.47. The van der Waals surface area contributed by atoms with Gasteiger partial charge in [0.05, 0.1) is 18.1 Å². The minimum atomic E-state index is -5.94. The molecule has 3 heterocycles. The van der Waals surface area contributed by atoms with Gasteiger partial charge in [-0.3, -0.25) is 9.48 Å². The molecule has 1 aliphatic carbocycles. The van der Waals surface area contributed by atoms with E-state index in [1.165, 1.54) is 23.3 Å². The first-order valence-electron chi connectivity index (χ1n) is 8.37. The van der Waals surface area contributed by atoms with Crippen LogP contribution in [0, 0.1) is 5.92 Å². The Morgan fingerprint density at radius 1 is 1.21 bits per heavy atom. The van der Waals surface area contributed by atoms with Crippen LogP contribution in [0.5, 0.6) is 5.75 Å². The minimum absolute atomic E-state index is 0.0482. The summed E-state index contributed by atoms with van der Waals surface area (Å²) in [6.07, 6.45) is 7.14. The average molecular weight is 429 g/mol. The predicted octanol–water partition coefficient (Wildman–Crippen LogP) is 2.31. The second-order valence-corrected chi connectivity index (χ2v) is 8.13. The smallest absolute Gasteiger partial charge is 0.374 e. The zero-order valence-corrected chi connectivity index (χ0v) is 15.7. The fraction of sp³-hybridized carbons (Fsp3) is 0.312. The van der Waals surface area contributed by atoms with Crippen LogP contribution in [0.4, 0.5) is 18.9 Å². The molecule has 1 fully saturated rings. The van der Waals surface area contributed by atoms with Crippen LogP contribution in [0.15, 0.2) is 30.9 Å². The molecule has 0 atom stereocenters. The maximum atomic E-state index is 12.9. The van der Waals surface area contributed by atoms with Gasteiger partial charge in [-0.25, -0.2) is 4.52 Å². The molecule has 3 aromatic rings. The Balaban J connectivity index is 1.85. The Kier molecular flexibility index (Phi) is 4.29. The Bertz CT molecular complexity index is 1210. The average Bonchev–Trinajstić information content (AvgIpc) is 3.27. The molecule has 29 heavy (non-hydrogen) atoms. The number of aromatic nitrogens is 4. The van der Waals surface area contributed by atoms with Crippen LogP contribution in [-0.4, -0.2) is 39.2 Å². The van der Waals surface area contributed by atoms with E-state index in [0.29, 0.717) is 24.0 Å². The number of hydrogen-bond acceptors (Lipinski definition) is 6. The van der Waals surface area contributed by atoms with E-state index >= 15 is 0 Å². The van der Waals surface area contributed by atoms with Crippen LogP contribution in [0.25, 0.3) is 16.6 Å². The molecular formula is C16H14F3N5O4S. The largest absolute Gasteiger partial charge is 0.534 e. The van der Waals surface area contributed by atoms with E-state index in [9.17, 15) is 26.4 Å². The molecule has 0 radical (unpaired) electrons. The number of fused-ring (bicyclic) bond motifs is 1. The lowest BCUT2D eigenvalue weighted by Gasteiger charge is -2.13. The predicted molar refractivity (Wildman–Crippen MR) is 94.4 cm³/mol. The standard InChI is InChI=1S/C16H14F3N5O4S/c1-23-7-11(5-20-23)10-4-13(28-29(26,27)16(17,18)19)14-12(6-21-24(14)8-10)22-15(25)9-2-3-9/h4-9H,2-3H2,1H3,(H,22,25). The summed E-state index contributed by atoms with van der Waals surface area (Å²) in [5.41, 5.74) is -4.86. The number of aryl methyl sites for hydroxylation is 1. The van der Waals surface area contributed by atoms with Crippen molar-refractivity contribution in [3.63, 3.8) is 0 Å². The third-order valence-corrected chi connectivity index (χ3v) is 5.27. The van der Waals surface area contributed by atoms with Crippen LogP contribution in [0.3, 0.4) is 0 Å². The number of nitrogens with zero attached hydrogens (tertiary/aromatic N) is 4. The summed E-state index contributed by atoms with van der Waals surface area (Å²) in [5.74, 6) is -1.11. The van der Waals surface area contributed by atoms with Crippen molar-refractivity contribution in [2.24, 2.45) is 13.0 Å². The first-order chi connectivity index (χ1) is 13.5. The molecule has 1 saturated carbocycles. The number of hydrogen-bond donors (Lipinski definition) is 1. The molecule has 154 valence electrons. The molecule has 1 amide bonds. The monoisotopic (exact) mass is 429 g/mol. The van der Waals surface area contributed by atoms with Gasteiger partial charge < -0.3 is 9.50 Å². The van der Waals surface area contributed by atoms with E-state index in [-0.39, 0.29) is 23.0 Å². The Morgan fingerprint density at radius 3 is 2.52 bits per heavy atom. The summed E-state index contributed by atoms with van der Waals surface area (Å²) in [6, 6.07) is 1.13. The van der Waals surface area contributed by atoms with Gasteiger partial charge in [0.2, 0.25) is 5.91 Å². The molecule has 4 rings (SSSR count). The lowest BCUT2D eigenvalue weighted by molar-refractivity contribution is -0.117. The normalized spacial score (nSPS) is 14.9. The van der Waals surface area contributed by atoms with E-state index in [0.717, 1.165) is 10.6 Å². The first kappa shape index (κ1) is 19.2. The van der Waals surface area contributed by atoms with E-state index < -0.39 is 21.4 Å². The number of carbonyl (C=O) groups is 1. The van der Waals surface area contributed by atoms with Crippen LogP contribution in [0.1, 0.15) is 12.8 Å². The number of amides is 1. The molecule has 0 aromatic carbocycles. The van der Waals surface area contributed by atoms with Crippen molar-refractivity contribution in [1.29, 1.82) is 0 Å². The molecule has 3 aromatic heterocycles. The number of pyridine rings is 1. The maximum absolute atomic E-state index is 12.9. The SMILES string of the molecule is Cn1cc(-c2cc(OS(=O)(=O)C(F)(F)F)c3c(NC(=O)C4CC4)cnn3c2)cn1. The van der Waals surface area contributed by atoms with Gasteiger partial charge in [-0.05, 0) is 18.9 Å². The van der Waals surface area contributed by atoms with Crippen LogP contribution < -0.4 is 9.50 Å². The van der Waals surface area contributed by atoms with Crippen LogP contribution in [-0.2, 0) is 22.0 Å². The van der Waals surface area contributed by atoms with Gasteiger partial charge in [-0.1, -0.05) is 0 Å². The highest BCUT2D eigenvalue weighted by atomic mass is 32.2. The quantitative estimate of drug-likeness (QED) is 0.493. The van der Waals surface area contributed by atoms with Crippen molar-refractivity contribution in [2.75, 3.05) is 5.32 Å². The van der Waals surface area contributed by atoms with Gasteiger partial charge in [0.15, 0.2) is 5.75 Å². The number of anilines is 1. The Labute approximate surface area is 162 Å². The number of carbonyl (C=O) groups excluding carboxylic acids is 1. The van der Waals surface area contributed by atoms with Crippen molar-refractivity contribution in [3.8, 4) is 16.9 Å². The van der Waals surface area contributed by atoms with Crippen LogP contribution >= 0.6 is 0 Å². The summed E-state index contributed by atoms with van der Waals surface area (Å²) in [7, 11) is -4.29. The molecule has 0 bridgehead atoms. The molecule has 0 unspecified atom stereocenters. The second-order valence-electron chi connectivity index (χ2n) is 6.59. The highest BCUT2D eigenvalue weighted by molar-refractivity contribution is 7.88. The van der Waals surface area contributed by atoms with Crippen LogP contribution in [0.2, 0.25) is 0 Å². The van der Waals surface area contributed by atoms with Crippen molar-refractivity contribution >= 4 is 27.2 Å². The summed E-state index contributed by atoms with van der Waals surface area (Å²) < 4.78 is 68.9. The number of alkyl halides is 3. The van der Waals surface area contributed by atoms with E-state index in [4.69, 9.17) is 0 Å². The zero-order chi connectivity index (χ0) is 21.0. The number of rotatable bonds is 5.